The molecular weight excluding hydrogens is 192 g/mol. The topological polar surface area (TPSA) is 60.4 Å². The quantitative estimate of drug-likeness (QED) is 0.389. The molecule has 0 bridgehead atoms. The molecule has 0 saturated heterocycles. The van der Waals surface area contributed by atoms with E-state index in [1.54, 1.807) is 6.26 Å². The number of furan rings is 1. The largest absolute Gasteiger partial charge is 0.469 e. The third kappa shape index (κ3) is 4.97. The first-order valence-corrected chi connectivity index (χ1v) is 5.43. The molecule has 1 aromatic rings. The second-order valence-electron chi connectivity index (χ2n) is 3.56. The summed E-state index contributed by atoms with van der Waals surface area (Å²) in [6.45, 7) is 3.54. The normalized spacial score (nSPS) is 12.9. The fraction of sp³-hybridized carbons (Fsp3) is 0.636. The van der Waals surface area contributed by atoms with E-state index in [1.807, 2.05) is 12.1 Å². The van der Waals surface area contributed by atoms with Gasteiger partial charge < -0.3 is 9.15 Å². The number of nitrogens with two attached hydrogens (primary N) is 1. The van der Waals surface area contributed by atoms with Gasteiger partial charge in [0.15, 0.2) is 0 Å². The fourth-order valence-electron chi connectivity index (χ4n) is 1.36. The molecule has 0 amide bonds. The summed E-state index contributed by atoms with van der Waals surface area (Å²) >= 11 is 0. The van der Waals surface area contributed by atoms with Crippen LogP contribution in [0.15, 0.2) is 22.8 Å². The highest BCUT2D eigenvalue weighted by molar-refractivity contribution is 4.98. The van der Waals surface area contributed by atoms with E-state index in [4.69, 9.17) is 15.0 Å². The third-order valence-corrected chi connectivity index (χ3v) is 2.22. The van der Waals surface area contributed by atoms with E-state index < -0.39 is 0 Å². The molecule has 1 unspecified atom stereocenters. The molecule has 1 heterocycles. The summed E-state index contributed by atoms with van der Waals surface area (Å²) in [5.41, 5.74) is 2.76. The van der Waals surface area contributed by atoms with Gasteiger partial charge in [-0.1, -0.05) is 6.92 Å². The lowest BCUT2D eigenvalue weighted by atomic mass is 10.1. The molecule has 1 aromatic heterocycles. The van der Waals surface area contributed by atoms with Crippen molar-refractivity contribution in [2.24, 2.45) is 5.84 Å². The van der Waals surface area contributed by atoms with Crippen LogP contribution in [-0.4, -0.2) is 19.3 Å². The fourth-order valence-corrected chi connectivity index (χ4v) is 1.36. The van der Waals surface area contributed by atoms with E-state index in [2.05, 4.69) is 12.3 Å². The van der Waals surface area contributed by atoms with Crippen molar-refractivity contribution in [1.82, 2.24) is 5.43 Å². The van der Waals surface area contributed by atoms with Gasteiger partial charge in [0.05, 0.1) is 12.9 Å². The predicted octanol–water partition coefficient (Wildman–Crippen LogP) is 1.47. The Morgan fingerprint density at radius 2 is 2.47 bits per heavy atom. The summed E-state index contributed by atoms with van der Waals surface area (Å²) in [6, 6.07) is 4.07. The van der Waals surface area contributed by atoms with Crippen LogP contribution < -0.4 is 11.3 Å². The Bertz CT molecular complexity index is 237. The molecule has 15 heavy (non-hydrogen) atoms. The Balaban J connectivity index is 2.16. The highest BCUT2D eigenvalue weighted by atomic mass is 16.5. The Kier molecular flexibility index (Phi) is 6.08. The van der Waals surface area contributed by atoms with E-state index in [1.165, 1.54) is 0 Å². The van der Waals surface area contributed by atoms with Crippen LogP contribution in [0, 0.1) is 0 Å². The number of rotatable bonds is 8. The van der Waals surface area contributed by atoms with E-state index in [-0.39, 0.29) is 6.04 Å². The van der Waals surface area contributed by atoms with Crippen molar-refractivity contribution in [3.8, 4) is 0 Å². The monoisotopic (exact) mass is 212 g/mol. The van der Waals surface area contributed by atoms with Gasteiger partial charge in [0, 0.05) is 19.1 Å². The molecule has 4 nitrogen and oxygen atoms in total. The van der Waals surface area contributed by atoms with Crippen molar-refractivity contribution in [2.75, 3.05) is 13.2 Å². The standard InChI is InChI=1S/C11H20N2O2/c1-2-7-14-9-10(13-12)5-6-11-4-3-8-15-11/h3-4,8,10,13H,2,5-7,9,12H2,1H3. The maximum Gasteiger partial charge on any atom is 0.103 e. The van der Waals surface area contributed by atoms with Crippen LogP contribution in [0.5, 0.6) is 0 Å². The van der Waals surface area contributed by atoms with Crippen LogP contribution in [0.2, 0.25) is 0 Å². The first kappa shape index (κ1) is 12.2. The molecule has 0 aliphatic heterocycles. The lowest BCUT2D eigenvalue weighted by Crippen LogP contribution is -2.39. The molecule has 0 radical (unpaired) electrons. The maximum absolute atomic E-state index is 5.43. The van der Waals surface area contributed by atoms with Gasteiger partial charge in [-0.15, -0.1) is 0 Å². The smallest absolute Gasteiger partial charge is 0.103 e. The van der Waals surface area contributed by atoms with E-state index in [9.17, 15) is 0 Å². The van der Waals surface area contributed by atoms with Crippen LogP contribution in [0.1, 0.15) is 25.5 Å². The number of aryl methyl sites for hydroxylation is 1. The summed E-state index contributed by atoms with van der Waals surface area (Å²) in [5, 5.41) is 0. The zero-order valence-corrected chi connectivity index (χ0v) is 9.24. The van der Waals surface area contributed by atoms with Gasteiger partial charge in [-0.05, 0) is 25.0 Å². The molecule has 1 rings (SSSR count). The van der Waals surface area contributed by atoms with Crippen molar-refractivity contribution in [3.05, 3.63) is 24.2 Å². The van der Waals surface area contributed by atoms with Crippen LogP contribution in [0.3, 0.4) is 0 Å². The van der Waals surface area contributed by atoms with Gasteiger partial charge in [0.2, 0.25) is 0 Å². The molecule has 4 heteroatoms. The number of hydrazine groups is 1. The average Bonchev–Trinajstić information content (AvgIpc) is 2.76. The minimum atomic E-state index is 0.196. The number of nitrogens with one attached hydrogen (secondary N) is 1. The van der Waals surface area contributed by atoms with Crippen LogP contribution in [-0.2, 0) is 11.2 Å². The van der Waals surface area contributed by atoms with Crippen molar-refractivity contribution < 1.29 is 9.15 Å². The SMILES string of the molecule is CCCOCC(CCc1ccco1)NN. The Hall–Kier alpha value is -0.840. The number of hydrogen-bond acceptors (Lipinski definition) is 4. The molecule has 0 aromatic carbocycles. The number of ether oxygens (including phenoxy) is 1. The van der Waals surface area contributed by atoms with E-state index in [0.29, 0.717) is 6.61 Å². The number of hydrogen-bond donors (Lipinski definition) is 2. The van der Waals surface area contributed by atoms with Crippen molar-refractivity contribution in [1.29, 1.82) is 0 Å². The van der Waals surface area contributed by atoms with E-state index >= 15 is 0 Å². The molecule has 0 aliphatic carbocycles. The Labute approximate surface area is 90.8 Å². The first-order chi connectivity index (χ1) is 7.36. The highest BCUT2D eigenvalue weighted by Crippen LogP contribution is 2.05. The van der Waals surface area contributed by atoms with Gasteiger partial charge in [-0.25, -0.2) is 0 Å². The highest BCUT2D eigenvalue weighted by Gasteiger charge is 2.07. The van der Waals surface area contributed by atoms with Crippen LogP contribution >= 0.6 is 0 Å². The van der Waals surface area contributed by atoms with Gasteiger partial charge in [0.25, 0.3) is 0 Å². The zero-order chi connectivity index (χ0) is 10.9. The van der Waals surface area contributed by atoms with Crippen molar-refractivity contribution >= 4 is 0 Å². The molecule has 0 saturated carbocycles. The Morgan fingerprint density at radius 1 is 1.60 bits per heavy atom. The third-order valence-electron chi connectivity index (χ3n) is 2.22. The summed E-state index contributed by atoms with van der Waals surface area (Å²) in [5.74, 6) is 6.43. The summed E-state index contributed by atoms with van der Waals surface area (Å²) in [4.78, 5) is 0. The Morgan fingerprint density at radius 3 is 3.07 bits per heavy atom. The minimum Gasteiger partial charge on any atom is -0.469 e. The van der Waals surface area contributed by atoms with Gasteiger partial charge in [-0.2, -0.15) is 0 Å². The van der Waals surface area contributed by atoms with Gasteiger partial charge >= 0.3 is 0 Å². The molecule has 86 valence electrons. The molecule has 0 spiro atoms. The van der Waals surface area contributed by atoms with Gasteiger partial charge in [0.1, 0.15) is 5.76 Å². The predicted molar refractivity (Wildman–Crippen MR) is 59.3 cm³/mol. The van der Waals surface area contributed by atoms with Crippen molar-refractivity contribution in [2.45, 2.75) is 32.2 Å². The van der Waals surface area contributed by atoms with E-state index in [0.717, 1.165) is 31.6 Å². The second kappa shape index (κ2) is 7.45. The molecule has 0 aliphatic rings. The zero-order valence-electron chi connectivity index (χ0n) is 9.24. The van der Waals surface area contributed by atoms with Crippen molar-refractivity contribution in [3.63, 3.8) is 0 Å². The molecule has 3 N–H and O–H groups in total. The lowest BCUT2D eigenvalue weighted by molar-refractivity contribution is 0.109. The second-order valence-corrected chi connectivity index (χ2v) is 3.56. The summed E-state index contributed by atoms with van der Waals surface area (Å²) < 4.78 is 10.7. The summed E-state index contributed by atoms with van der Waals surface area (Å²) in [6.07, 6.45) is 4.54. The molecule has 0 fully saturated rings. The first-order valence-electron chi connectivity index (χ1n) is 5.43. The van der Waals surface area contributed by atoms with Crippen LogP contribution in [0.4, 0.5) is 0 Å². The molecule has 1 atom stereocenters. The van der Waals surface area contributed by atoms with Crippen LogP contribution in [0.25, 0.3) is 0 Å². The lowest BCUT2D eigenvalue weighted by Gasteiger charge is -2.14. The molecular formula is C11H20N2O2. The summed E-state index contributed by atoms with van der Waals surface area (Å²) in [7, 11) is 0. The maximum atomic E-state index is 5.43. The van der Waals surface area contributed by atoms with Gasteiger partial charge in [-0.3, -0.25) is 11.3 Å². The minimum absolute atomic E-state index is 0.196. The average molecular weight is 212 g/mol.